The van der Waals surface area contributed by atoms with Crippen molar-refractivity contribution in [3.63, 3.8) is 0 Å². The highest BCUT2D eigenvalue weighted by Gasteiger charge is 2.61. The molecule has 8 heteroatoms. The SMILES string of the molecule is N#CN1CC2C[C@]2(NC(=O)c2cc(-c3ccncc3Nc3ccccc3)n[nH]2)C1. The number of nitrogens with zero attached hydrogens (tertiary/aromatic N) is 4. The first-order valence-corrected chi connectivity index (χ1v) is 9.46. The molecule has 29 heavy (non-hydrogen) atoms. The second-order valence-electron chi connectivity index (χ2n) is 7.57. The van der Waals surface area contributed by atoms with Crippen LogP contribution >= 0.6 is 0 Å². The number of aromatic amines is 1. The number of nitrogens with one attached hydrogen (secondary N) is 3. The lowest BCUT2D eigenvalue weighted by atomic mass is 10.1. The van der Waals surface area contributed by atoms with Crippen molar-refractivity contribution in [1.29, 1.82) is 5.26 Å². The molecule has 2 aromatic heterocycles. The highest BCUT2D eigenvalue weighted by molar-refractivity contribution is 5.95. The molecule has 1 aromatic carbocycles. The van der Waals surface area contributed by atoms with Gasteiger partial charge in [0.05, 0.1) is 29.7 Å². The summed E-state index contributed by atoms with van der Waals surface area (Å²) >= 11 is 0. The molecule has 3 aromatic rings. The maximum atomic E-state index is 12.7. The van der Waals surface area contributed by atoms with E-state index in [0.717, 1.165) is 29.9 Å². The fourth-order valence-electron chi connectivity index (χ4n) is 4.02. The summed E-state index contributed by atoms with van der Waals surface area (Å²) in [6.45, 7) is 1.30. The molecule has 1 saturated heterocycles. The average molecular weight is 385 g/mol. The molecular formula is C21H19N7O. The van der Waals surface area contributed by atoms with Gasteiger partial charge in [-0.05, 0) is 30.7 Å². The lowest BCUT2D eigenvalue weighted by Crippen LogP contribution is -2.41. The number of benzene rings is 1. The number of nitriles is 1. The quantitative estimate of drug-likeness (QED) is 0.582. The normalized spacial score (nSPS) is 21.9. The molecule has 2 aliphatic rings. The molecule has 8 nitrogen and oxygen atoms in total. The Bertz CT molecular complexity index is 1100. The molecule has 0 spiro atoms. The maximum Gasteiger partial charge on any atom is 0.269 e. The Morgan fingerprint density at radius 2 is 2.17 bits per heavy atom. The van der Waals surface area contributed by atoms with Gasteiger partial charge in [0.15, 0.2) is 6.19 Å². The number of hydrogen-bond donors (Lipinski definition) is 3. The Morgan fingerprint density at radius 1 is 1.31 bits per heavy atom. The van der Waals surface area contributed by atoms with Gasteiger partial charge in [-0.25, -0.2) is 0 Å². The van der Waals surface area contributed by atoms with Crippen molar-refractivity contribution in [2.45, 2.75) is 12.0 Å². The van der Waals surface area contributed by atoms with Crippen molar-refractivity contribution in [1.82, 2.24) is 25.4 Å². The number of fused-ring (bicyclic) bond motifs is 1. The highest BCUT2D eigenvalue weighted by atomic mass is 16.2. The fraction of sp³-hybridized carbons (Fsp3) is 0.238. The lowest BCUT2D eigenvalue weighted by molar-refractivity contribution is 0.0924. The van der Waals surface area contributed by atoms with Crippen molar-refractivity contribution in [3.05, 3.63) is 60.6 Å². The first-order valence-electron chi connectivity index (χ1n) is 9.46. The zero-order valence-electron chi connectivity index (χ0n) is 15.6. The fourth-order valence-corrected chi connectivity index (χ4v) is 4.02. The number of aromatic nitrogens is 3. The molecule has 1 saturated carbocycles. The summed E-state index contributed by atoms with van der Waals surface area (Å²) in [7, 11) is 0. The molecule has 5 rings (SSSR count). The molecule has 1 amide bonds. The van der Waals surface area contributed by atoms with Crippen molar-refractivity contribution in [2.24, 2.45) is 5.92 Å². The molecule has 1 aliphatic heterocycles. The first kappa shape index (κ1) is 17.3. The second-order valence-corrected chi connectivity index (χ2v) is 7.57. The zero-order chi connectivity index (χ0) is 19.8. The van der Waals surface area contributed by atoms with E-state index in [4.69, 9.17) is 5.26 Å². The van der Waals surface area contributed by atoms with E-state index >= 15 is 0 Å². The molecule has 3 heterocycles. The van der Waals surface area contributed by atoms with E-state index < -0.39 is 0 Å². The smallest absolute Gasteiger partial charge is 0.269 e. The van der Waals surface area contributed by atoms with Crippen LogP contribution in [0.3, 0.4) is 0 Å². The van der Waals surface area contributed by atoms with Gasteiger partial charge in [0.1, 0.15) is 5.69 Å². The second kappa shape index (κ2) is 6.63. The van der Waals surface area contributed by atoms with E-state index in [-0.39, 0.29) is 11.4 Å². The predicted molar refractivity (Wildman–Crippen MR) is 107 cm³/mol. The van der Waals surface area contributed by atoms with E-state index in [1.165, 1.54) is 0 Å². The third kappa shape index (κ3) is 3.17. The van der Waals surface area contributed by atoms with E-state index in [0.29, 0.717) is 23.9 Å². The number of pyridine rings is 1. The Labute approximate surface area is 167 Å². The van der Waals surface area contributed by atoms with Gasteiger partial charge >= 0.3 is 0 Å². The van der Waals surface area contributed by atoms with Gasteiger partial charge in [-0.3, -0.25) is 14.9 Å². The lowest BCUT2D eigenvalue weighted by Gasteiger charge is -2.16. The molecule has 2 atom stereocenters. The molecular weight excluding hydrogens is 366 g/mol. The van der Waals surface area contributed by atoms with E-state index in [1.807, 2.05) is 36.4 Å². The monoisotopic (exact) mass is 385 g/mol. The summed E-state index contributed by atoms with van der Waals surface area (Å²) < 4.78 is 0. The Balaban J connectivity index is 1.35. The first-order chi connectivity index (χ1) is 14.2. The maximum absolute atomic E-state index is 12.7. The average Bonchev–Trinajstić information content (AvgIpc) is 3.10. The number of carbonyl (C=O) groups is 1. The number of piperidine rings is 1. The number of rotatable bonds is 5. The number of H-pyrrole nitrogens is 1. The Morgan fingerprint density at radius 3 is 2.97 bits per heavy atom. The molecule has 1 aliphatic carbocycles. The van der Waals surface area contributed by atoms with Crippen LogP contribution in [0.15, 0.2) is 54.9 Å². The van der Waals surface area contributed by atoms with Crippen LogP contribution in [0.1, 0.15) is 16.9 Å². The minimum atomic E-state index is -0.269. The van der Waals surface area contributed by atoms with Crippen LogP contribution in [0.2, 0.25) is 0 Å². The molecule has 144 valence electrons. The summed E-state index contributed by atoms with van der Waals surface area (Å²) in [4.78, 5) is 18.6. The van der Waals surface area contributed by atoms with Crippen molar-refractivity contribution >= 4 is 17.3 Å². The van der Waals surface area contributed by atoms with E-state index in [1.54, 1.807) is 23.4 Å². The van der Waals surface area contributed by atoms with Crippen LogP contribution in [0.4, 0.5) is 11.4 Å². The number of hydrogen-bond acceptors (Lipinski definition) is 6. The number of para-hydroxylation sites is 1. The van der Waals surface area contributed by atoms with Crippen LogP contribution in [-0.4, -0.2) is 44.6 Å². The zero-order valence-corrected chi connectivity index (χ0v) is 15.6. The number of amides is 1. The highest BCUT2D eigenvalue weighted by Crippen LogP contribution is 2.49. The summed E-state index contributed by atoms with van der Waals surface area (Å²) in [5, 5.41) is 22.7. The van der Waals surface area contributed by atoms with Crippen molar-refractivity contribution in [3.8, 4) is 17.5 Å². The Hall–Kier alpha value is -3.86. The minimum Gasteiger partial charge on any atom is -0.354 e. The van der Waals surface area contributed by atoms with E-state index in [2.05, 4.69) is 32.0 Å². The number of likely N-dealkylation sites (tertiary alicyclic amines) is 1. The number of anilines is 2. The number of carbonyl (C=O) groups excluding carboxylic acids is 1. The topological polar surface area (TPSA) is 110 Å². The largest absolute Gasteiger partial charge is 0.354 e. The van der Waals surface area contributed by atoms with Crippen LogP contribution in [0.25, 0.3) is 11.3 Å². The van der Waals surface area contributed by atoms with Crippen LogP contribution in [-0.2, 0) is 0 Å². The van der Waals surface area contributed by atoms with Crippen molar-refractivity contribution in [2.75, 3.05) is 18.4 Å². The van der Waals surface area contributed by atoms with Crippen molar-refractivity contribution < 1.29 is 4.79 Å². The van der Waals surface area contributed by atoms with Gasteiger partial charge < -0.3 is 15.5 Å². The van der Waals surface area contributed by atoms with Gasteiger partial charge in [0.2, 0.25) is 0 Å². The van der Waals surface area contributed by atoms with Gasteiger partial charge in [-0.15, -0.1) is 0 Å². The standard InChI is InChI=1S/C21H19N7O/c22-13-28-11-14-9-21(14,12-28)25-20(29)18-8-17(26-27-18)16-6-7-23-10-19(16)24-15-4-2-1-3-5-15/h1-8,10,14,24H,9,11-12H2,(H,25,29)(H,26,27)/t14?,21-/m0/s1. The Kier molecular flexibility index (Phi) is 3.95. The molecule has 1 unspecified atom stereocenters. The third-order valence-electron chi connectivity index (χ3n) is 5.62. The summed E-state index contributed by atoms with van der Waals surface area (Å²) in [5.74, 6) is 0.160. The van der Waals surface area contributed by atoms with Gasteiger partial charge in [0, 0.05) is 29.9 Å². The summed E-state index contributed by atoms with van der Waals surface area (Å²) in [6, 6.07) is 13.4. The van der Waals surface area contributed by atoms with Gasteiger partial charge in [-0.1, -0.05) is 18.2 Å². The van der Waals surface area contributed by atoms with Gasteiger partial charge in [-0.2, -0.15) is 10.4 Å². The summed E-state index contributed by atoms with van der Waals surface area (Å²) in [5.41, 5.74) is 3.38. The summed E-state index contributed by atoms with van der Waals surface area (Å²) in [6.07, 6.45) is 6.52. The predicted octanol–water partition coefficient (Wildman–Crippen LogP) is 2.50. The van der Waals surface area contributed by atoms with Crippen LogP contribution in [0.5, 0.6) is 0 Å². The van der Waals surface area contributed by atoms with Crippen LogP contribution in [0, 0.1) is 17.4 Å². The van der Waals surface area contributed by atoms with E-state index in [9.17, 15) is 4.79 Å². The molecule has 0 radical (unpaired) electrons. The third-order valence-corrected chi connectivity index (χ3v) is 5.62. The molecule has 2 fully saturated rings. The molecule has 3 N–H and O–H groups in total. The minimum absolute atomic E-state index is 0.197. The van der Waals surface area contributed by atoms with Crippen LogP contribution < -0.4 is 10.6 Å². The van der Waals surface area contributed by atoms with Gasteiger partial charge in [0.25, 0.3) is 5.91 Å². The molecule has 0 bridgehead atoms.